The van der Waals surface area contributed by atoms with E-state index in [1.54, 1.807) is 14.2 Å². The van der Waals surface area contributed by atoms with Crippen LogP contribution in [-0.2, 0) is 4.74 Å². The summed E-state index contributed by atoms with van der Waals surface area (Å²) in [6.07, 6.45) is 0.999. The molecule has 0 saturated carbocycles. The molecule has 0 heterocycles. The van der Waals surface area contributed by atoms with Crippen LogP contribution < -0.4 is 10.1 Å². The number of hydrogen-bond acceptors (Lipinski definition) is 3. The highest BCUT2D eigenvalue weighted by molar-refractivity contribution is 9.11. The number of halogens is 2. The molecule has 0 aromatic heterocycles. The van der Waals surface area contributed by atoms with Crippen LogP contribution >= 0.6 is 31.9 Å². The maximum atomic E-state index is 5.28. The zero-order chi connectivity index (χ0) is 12.8. The van der Waals surface area contributed by atoms with Crippen LogP contribution in [0.25, 0.3) is 0 Å². The number of methoxy groups -OCH3 is 2. The van der Waals surface area contributed by atoms with Crippen molar-refractivity contribution >= 4 is 37.5 Å². The standard InChI is InChI=1S/C12H17Br2NO2/c1-4-8(7-16-2)15-11-6-12(17-3)10(14)5-9(11)13/h5-6,8,15H,4,7H2,1-3H3. The van der Waals surface area contributed by atoms with Crippen molar-refractivity contribution in [3.63, 3.8) is 0 Å². The molecule has 17 heavy (non-hydrogen) atoms. The molecule has 1 atom stereocenters. The molecular weight excluding hydrogens is 350 g/mol. The highest BCUT2D eigenvalue weighted by atomic mass is 79.9. The lowest BCUT2D eigenvalue weighted by atomic mass is 10.2. The first kappa shape index (κ1) is 14.8. The predicted molar refractivity (Wildman–Crippen MR) is 78.0 cm³/mol. The first-order valence-corrected chi connectivity index (χ1v) is 6.99. The summed E-state index contributed by atoms with van der Waals surface area (Å²) in [5.41, 5.74) is 1.01. The molecule has 1 rings (SSSR count). The molecule has 1 aromatic rings. The van der Waals surface area contributed by atoms with Crippen LogP contribution in [0.5, 0.6) is 5.75 Å². The molecular formula is C12H17Br2NO2. The Balaban J connectivity index is 2.89. The van der Waals surface area contributed by atoms with E-state index >= 15 is 0 Å². The molecule has 0 aliphatic rings. The van der Waals surface area contributed by atoms with Gasteiger partial charge in [0.2, 0.25) is 0 Å². The zero-order valence-corrected chi connectivity index (χ0v) is 13.4. The van der Waals surface area contributed by atoms with Crippen molar-refractivity contribution in [1.82, 2.24) is 0 Å². The van der Waals surface area contributed by atoms with Crippen molar-refractivity contribution in [2.75, 3.05) is 26.1 Å². The van der Waals surface area contributed by atoms with E-state index in [2.05, 4.69) is 44.1 Å². The molecule has 1 N–H and O–H groups in total. The molecule has 96 valence electrons. The number of nitrogens with one attached hydrogen (secondary N) is 1. The maximum absolute atomic E-state index is 5.28. The Labute approximate surface area is 119 Å². The van der Waals surface area contributed by atoms with Gasteiger partial charge in [0.1, 0.15) is 5.75 Å². The third-order valence-electron chi connectivity index (χ3n) is 2.46. The average Bonchev–Trinajstić information content (AvgIpc) is 2.31. The van der Waals surface area contributed by atoms with Gasteiger partial charge in [-0.15, -0.1) is 0 Å². The van der Waals surface area contributed by atoms with Crippen LogP contribution in [0.1, 0.15) is 13.3 Å². The zero-order valence-electron chi connectivity index (χ0n) is 10.2. The Morgan fingerprint density at radius 2 is 1.94 bits per heavy atom. The van der Waals surface area contributed by atoms with Gasteiger partial charge < -0.3 is 14.8 Å². The van der Waals surface area contributed by atoms with Gasteiger partial charge in [-0.25, -0.2) is 0 Å². The van der Waals surface area contributed by atoms with Crippen LogP contribution in [0.3, 0.4) is 0 Å². The van der Waals surface area contributed by atoms with Gasteiger partial charge in [-0.05, 0) is 44.3 Å². The lowest BCUT2D eigenvalue weighted by Gasteiger charge is -2.19. The van der Waals surface area contributed by atoms with E-state index in [-0.39, 0.29) is 0 Å². The van der Waals surface area contributed by atoms with Gasteiger partial charge in [-0.2, -0.15) is 0 Å². The Morgan fingerprint density at radius 1 is 1.24 bits per heavy atom. The van der Waals surface area contributed by atoms with Crippen molar-refractivity contribution in [1.29, 1.82) is 0 Å². The van der Waals surface area contributed by atoms with Gasteiger partial charge in [0, 0.05) is 23.7 Å². The summed E-state index contributed by atoms with van der Waals surface area (Å²) >= 11 is 6.98. The van der Waals surface area contributed by atoms with E-state index in [1.165, 1.54) is 0 Å². The molecule has 3 nitrogen and oxygen atoms in total. The fraction of sp³-hybridized carbons (Fsp3) is 0.500. The Hall–Kier alpha value is -0.260. The first-order valence-electron chi connectivity index (χ1n) is 5.40. The quantitative estimate of drug-likeness (QED) is 0.823. The lowest BCUT2D eigenvalue weighted by molar-refractivity contribution is 0.184. The molecule has 1 unspecified atom stereocenters. The number of anilines is 1. The van der Waals surface area contributed by atoms with Crippen molar-refractivity contribution in [2.24, 2.45) is 0 Å². The smallest absolute Gasteiger partial charge is 0.135 e. The van der Waals surface area contributed by atoms with Gasteiger partial charge in [0.05, 0.1) is 23.9 Å². The van der Waals surface area contributed by atoms with Gasteiger partial charge in [-0.3, -0.25) is 0 Å². The third kappa shape index (κ3) is 4.16. The van der Waals surface area contributed by atoms with E-state index < -0.39 is 0 Å². The number of rotatable bonds is 6. The summed E-state index contributed by atoms with van der Waals surface area (Å²) in [5, 5.41) is 3.43. The highest BCUT2D eigenvalue weighted by Crippen LogP contribution is 2.34. The number of hydrogen-bond donors (Lipinski definition) is 1. The minimum Gasteiger partial charge on any atom is -0.495 e. The average molecular weight is 367 g/mol. The molecule has 0 amide bonds. The van der Waals surface area contributed by atoms with Crippen LogP contribution in [0.15, 0.2) is 21.1 Å². The fourth-order valence-electron chi connectivity index (χ4n) is 1.48. The topological polar surface area (TPSA) is 30.5 Å². The molecule has 1 aromatic carbocycles. The first-order chi connectivity index (χ1) is 8.12. The molecule has 0 aliphatic heterocycles. The predicted octanol–water partition coefficient (Wildman–Crippen LogP) is 4.06. The SMILES string of the molecule is CCC(COC)Nc1cc(OC)c(Br)cc1Br. The van der Waals surface area contributed by atoms with E-state index in [9.17, 15) is 0 Å². The van der Waals surface area contributed by atoms with Gasteiger partial charge in [-0.1, -0.05) is 6.92 Å². The summed E-state index contributed by atoms with van der Waals surface area (Å²) in [6.45, 7) is 2.81. The van der Waals surface area contributed by atoms with Gasteiger partial charge in [0.25, 0.3) is 0 Å². The third-order valence-corrected chi connectivity index (χ3v) is 3.74. The van der Waals surface area contributed by atoms with Crippen molar-refractivity contribution < 1.29 is 9.47 Å². The maximum Gasteiger partial charge on any atom is 0.135 e. The van der Waals surface area contributed by atoms with E-state index in [4.69, 9.17) is 9.47 Å². The second-order valence-electron chi connectivity index (χ2n) is 3.67. The largest absolute Gasteiger partial charge is 0.495 e. The lowest BCUT2D eigenvalue weighted by Crippen LogP contribution is -2.24. The van der Waals surface area contributed by atoms with Gasteiger partial charge >= 0.3 is 0 Å². The number of ether oxygens (including phenoxy) is 2. The van der Waals surface area contributed by atoms with E-state index in [0.29, 0.717) is 12.6 Å². The Bertz CT molecular complexity index is 372. The highest BCUT2D eigenvalue weighted by Gasteiger charge is 2.11. The molecule has 0 radical (unpaired) electrons. The minimum absolute atomic E-state index is 0.294. The summed E-state index contributed by atoms with van der Waals surface area (Å²) < 4.78 is 12.4. The molecule has 0 spiro atoms. The summed E-state index contributed by atoms with van der Waals surface area (Å²) in [5.74, 6) is 0.808. The van der Waals surface area contributed by atoms with Crippen LogP contribution in [0.2, 0.25) is 0 Å². The van der Waals surface area contributed by atoms with Crippen LogP contribution in [0.4, 0.5) is 5.69 Å². The molecule has 0 saturated heterocycles. The molecule has 0 fully saturated rings. The molecule has 0 aliphatic carbocycles. The fourth-order valence-corrected chi connectivity index (χ4v) is 2.75. The van der Waals surface area contributed by atoms with E-state index in [0.717, 1.165) is 26.8 Å². The van der Waals surface area contributed by atoms with Crippen LogP contribution in [0, 0.1) is 0 Å². The second-order valence-corrected chi connectivity index (χ2v) is 5.38. The van der Waals surface area contributed by atoms with Crippen molar-refractivity contribution in [3.05, 3.63) is 21.1 Å². The second kappa shape index (κ2) is 7.24. The van der Waals surface area contributed by atoms with Crippen LogP contribution in [-0.4, -0.2) is 26.9 Å². The van der Waals surface area contributed by atoms with Crippen molar-refractivity contribution in [2.45, 2.75) is 19.4 Å². The monoisotopic (exact) mass is 365 g/mol. The Morgan fingerprint density at radius 3 is 2.47 bits per heavy atom. The van der Waals surface area contributed by atoms with Gasteiger partial charge in [0.15, 0.2) is 0 Å². The van der Waals surface area contributed by atoms with Crippen molar-refractivity contribution in [3.8, 4) is 5.75 Å². The minimum atomic E-state index is 0.294. The molecule has 0 bridgehead atoms. The summed E-state index contributed by atoms with van der Waals surface area (Å²) in [4.78, 5) is 0. The number of benzene rings is 1. The van der Waals surface area contributed by atoms with E-state index in [1.807, 2.05) is 12.1 Å². The Kier molecular flexibility index (Phi) is 6.30. The normalized spacial score (nSPS) is 12.3. The summed E-state index contributed by atoms with van der Waals surface area (Å²) in [6, 6.07) is 4.23. The summed E-state index contributed by atoms with van der Waals surface area (Å²) in [7, 11) is 3.37. The molecule has 5 heteroatoms.